The molecule has 1 aliphatic carbocycles. The number of aromatic nitrogens is 1. The molecule has 2 unspecified atom stereocenters. The molecule has 124 valence electrons. The second-order valence-corrected chi connectivity index (χ2v) is 7.12. The number of anilines is 2. The topological polar surface area (TPSA) is 19.0 Å². The molecule has 3 aromatic carbocycles. The van der Waals surface area contributed by atoms with Gasteiger partial charge in [-0.15, -0.1) is 0 Å². The van der Waals surface area contributed by atoms with Gasteiger partial charge in [-0.05, 0) is 35.9 Å². The summed E-state index contributed by atoms with van der Waals surface area (Å²) in [6.45, 7) is 0. The summed E-state index contributed by atoms with van der Waals surface area (Å²) >= 11 is 0. The summed E-state index contributed by atoms with van der Waals surface area (Å²) in [5, 5.41) is 2.59. The van der Waals surface area contributed by atoms with Crippen molar-refractivity contribution >= 4 is 33.2 Å². The number of benzene rings is 3. The molecule has 2 heteroatoms. The van der Waals surface area contributed by atoms with Gasteiger partial charge in [0.15, 0.2) is 0 Å². The summed E-state index contributed by atoms with van der Waals surface area (Å²) in [6.07, 6.45) is 9.00. The molecule has 4 aromatic rings. The monoisotopic (exact) mass is 334 g/mol. The van der Waals surface area contributed by atoms with Crippen molar-refractivity contribution in [3.63, 3.8) is 0 Å². The Kier molecular flexibility index (Phi) is 2.75. The third-order valence-electron chi connectivity index (χ3n) is 5.71. The minimum absolute atomic E-state index is 0.343. The second-order valence-electron chi connectivity index (χ2n) is 7.12. The van der Waals surface area contributed by atoms with Crippen LogP contribution in [0.1, 0.15) is 11.5 Å². The van der Waals surface area contributed by atoms with Crippen molar-refractivity contribution in [2.24, 2.45) is 0 Å². The zero-order chi connectivity index (χ0) is 17.1. The predicted octanol–water partition coefficient (Wildman–Crippen LogP) is 6.05. The standard InChI is InChI=1S/C24H18N2/c1-2-8-16(9-3-1)26-23-13-7-5-11-18(23)20-14-22-19(15-24(20)26)17-10-4-6-12-21(17)25-22/h1-15,18,23,25H. The Morgan fingerprint density at radius 3 is 2.46 bits per heavy atom. The van der Waals surface area contributed by atoms with Crippen LogP contribution in [0.2, 0.25) is 0 Å². The van der Waals surface area contributed by atoms with E-state index >= 15 is 0 Å². The summed E-state index contributed by atoms with van der Waals surface area (Å²) in [4.78, 5) is 6.08. The third-order valence-corrected chi connectivity index (χ3v) is 5.71. The maximum Gasteiger partial charge on any atom is 0.0629 e. The van der Waals surface area contributed by atoms with Crippen LogP contribution < -0.4 is 4.90 Å². The predicted molar refractivity (Wildman–Crippen MR) is 109 cm³/mol. The van der Waals surface area contributed by atoms with Crippen LogP contribution in [0.25, 0.3) is 21.8 Å². The number of nitrogens with one attached hydrogen (secondary N) is 1. The number of para-hydroxylation sites is 2. The molecular weight excluding hydrogens is 316 g/mol. The molecule has 1 aromatic heterocycles. The fraction of sp³-hybridized carbons (Fsp3) is 0.0833. The first-order valence-corrected chi connectivity index (χ1v) is 9.14. The van der Waals surface area contributed by atoms with E-state index in [0.717, 1.165) is 0 Å². The van der Waals surface area contributed by atoms with Crippen LogP contribution in [-0.2, 0) is 0 Å². The van der Waals surface area contributed by atoms with Gasteiger partial charge in [-0.2, -0.15) is 0 Å². The molecule has 2 aliphatic rings. The molecule has 0 saturated heterocycles. The lowest BCUT2D eigenvalue weighted by Gasteiger charge is -2.28. The normalized spacial score (nSPS) is 20.7. The van der Waals surface area contributed by atoms with Crippen molar-refractivity contribution in [1.82, 2.24) is 4.98 Å². The number of fused-ring (bicyclic) bond motifs is 6. The summed E-state index contributed by atoms with van der Waals surface area (Å²) in [7, 11) is 0. The molecule has 0 fully saturated rings. The van der Waals surface area contributed by atoms with Gasteiger partial charge < -0.3 is 9.88 Å². The van der Waals surface area contributed by atoms with Crippen LogP contribution in [-0.4, -0.2) is 11.0 Å². The quantitative estimate of drug-likeness (QED) is 0.449. The smallest absolute Gasteiger partial charge is 0.0629 e. The van der Waals surface area contributed by atoms with E-state index in [2.05, 4.69) is 101 Å². The van der Waals surface area contributed by atoms with E-state index in [0.29, 0.717) is 12.0 Å². The van der Waals surface area contributed by atoms with E-state index in [-0.39, 0.29) is 0 Å². The molecule has 1 N–H and O–H groups in total. The molecule has 0 saturated carbocycles. The minimum Gasteiger partial charge on any atom is -0.354 e. The molecule has 0 bridgehead atoms. The lowest BCUT2D eigenvalue weighted by Crippen LogP contribution is -2.28. The first-order chi connectivity index (χ1) is 12.9. The highest BCUT2D eigenvalue weighted by atomic mass is 15.2. The molecule has 0 spiro atoms. The van der Waals surface area contributed by atoms with Crippen molar-refractivity contribution in [3.8, 4) is 0 Å². The van der Waals surface area contributed by atoms with E-state index in [1.807, 2.05) is 0 Å². The Bertz CT molecular complexity index is 1200. The number of rotatable bonds is 1. The number of aromatic amines is 1. The van der Waals surface area contributed by atoms with Crippen LogP contribution in [0.5, 0.6) is 0 Å². The summed E-state index contributed by atoms with van der Waals surface area (Å²) in [5.74, 6) is 0.394. The number of nitrogens with zero attached hydrogens (tertiary/aromatic N) is 1. The van der Waals surface area contributed by atoms with Gasteiger partial charge in [0.05, 0.1) is 6.04 Å². The van der Waals surface area contributed by atoms with Gasteiger partial charge in [0, 0.05) is 39.1 Å². The highest BCUT2D eigenvalue weighted by molar-refractivity contribution is 6.09. The van der Waals surface area contributed by atoms with Crippen LogP contribution >= 0.6 is 0 Å². The number of H-pyrrole nitrogens is 1. The molecule has 2 nitrogen and oxygen atoms in total. The molecule has 0 radical (unpaired) electrons. The first kappa shape index (κ1) is 14.0. The van der Waals surface area contributed by atoms with E-state index in [9.17, 15) is 0 Å². The van der Waals surface area contributed by atoms with Gasteiger partial charge in [0.2, 0.25) is 0 Å². The van der Waals surface area contributed by atoms with Gasteiger partial charge in [-0.25, -0.2) is 0 Å². The van der Waals surface area contributed by atoms with Crippen LogP contribution in [0.3, 0.4) is 0 Å². The number of allylic oxidation sites excluding steroid dienone is 2. The average molecular weight is 334 g/mol. The molecule has 6 rings (SSSR count). The van der Waals surface area contributed by atoms with Gasteiger partial charge in [0.25, 0.3) is 0 Å². The van der Waals surface area contributed by atoms with Crippen molar-refractivity contribution < 1.29 is 0 Å². The molecule has 2 atom stereocenters. The largest absolute Gasteiger partial charge is 0.354 e. The summed E-state index contributed by atoms with van der Waals surface area (Å²) in [6, 6.07) is 24.4. The van der Waals surface area contributed by atoms with Crippen LogP contribution in [0.4, 0.5) is 11.4 Å². The van der Waals surface area contributed by atoms with Crippen molar-refractivity contribution in [1.29, 1.82) is 0 Å². The maximum atomic E-state index is 3.60. The van der Waals surface area contributed by atoms with Crippen LogP contribution in [0.15, 0.2) is 91.0 Å². The fourth-order valence-electron chi connectivity index (χ4n) is 4.57. The van der Waals surface area contributed by atoms with E-state index in [1.165, 1.54) is 38.7 Å². The molecule has 1 aliphatic heterocycles. The Morgan fingerprint density at radius 2 is 1.54 bits per heavy atom. The lowest BCUT2D eigenvalue weighted by molar-refractivity contribution is 0.745. The molecule has 2 heterocycles. The first-order valence-electron chi connectivity index (χ1n) is 9.14. The van der Waals surface area contributed by atoms with E-state index < -0.39 is 0 Å². The Hall–Kier alpha value is -3.26. The number of hydrogen-bond donors (Lipinski definition) is 1. The Morgan fingerprint density at radius 1 is 0.731 bits per heavy atom. The average Bonchev–Trinajstić information content (AvgIpc) is 3.22. The van der Waals surface area contributed by atoms with Gasteiger partial charge in [-0.1, -0.05) is 60.7 Å². The third kappa shape index (κ3) is 1.81. The Balaban J connectivity index is 1.66. The molecule has 26 heavy (non-hydrogen) atoms. The lowest BCUT2D eigenvalue weighted by atomic mass is 9.91. The maximum absolute atomic E-state index is 3.60. The van der Waals surface area contributed by atoms with Crippen LogP contribution in [0, 0.1) is 0 Å². The van der Waals surface area contributed by atoms with Crippen molar-refractivity contribution in [2.75, 3.05) is 4.90 Å². The van der Waals surface area contributed by atoms with Gasteiger partial charge in [-0.3, -0.25) is 0 Å². The highest BCUT2D eigenvalue weighted by Crippen LogP contribution is 2.49. The van der Waals surface area contributed by atoms with Crippen molar-refractivity contribution in [2.45, 2.75) is 12.0 Å². The number of hydrogen-bond acceptors (Lipinski definition) is 1. The van der Waals surface area contributed by atoms with Gasteiger partial charge in [0.1, 0.15) is 0 Å². The molecular formula is C24H18N2. The highest BCUT2D eigenvalue weighted by Gasteiger charge is 2.37. The second kappa shape index (κ2) is 5.12. The fourth-order valence-corrected chi connectivity index (χ4v) is 4.57. The minimum atomic E-state index is 0.343. The Labute approximate surface area is 152 Å². The zero-order valence-corrected chi connectivity index (χ0v) is 14.3. The molecule has 0 amide bonds. The summed E-state index contributed by atoms with van der Waals surface area (Å²) in [5.41, 5.74) is 6.40. The summed E-state index contributed by atoms with van der Waals surface area (Å²) < 4.78 is 0. The van der Waals surface area contributed by atoms with E-state index in [4.69, 9.17) is 0 Å². The van der Waals surface area contributed by atoms with E-state index in [1.54, 1.807) is 0 Å². The van der Waals surface area contributed by atoms with Gasteiger partial charge >= 0.3 is 0 Å². The SMILES string of the molecule is C1=CC2c3cc4[nH]c5ccccc5c4cc3N(c3ccccc3)C2C=C1. The van der Waals surface area contributed by atoms with Crippen molar-refractivity contribution in [3.05, 3.63) is 96.6 Å². The zero-order valence-electron chi connectivity index (χ0n) is 14.3.